The molecular formula is C21H23FN4O3. The lowest BCUT2D eigenvalue weighted by Crippen LogP contribution is -2.51. The van der Waals surface area contributed by atoms with Gasteiger partial charge < -0.3 is 15.2 Å². The summed E-state index contributed by atoms with van der Waals surface area (Å²) >= 11 is 0. The monoisotopic (exact) mass is 398 g/mol. The van der Waals surface area contributed by atoms with Crippen LogP contribution in [0.3, 0.4) is 0 Å². The number of fused-ring (bicyclic) bond motifs is 2. The Kier molecular flexibility index (Phi) is 4.96. The van der Waals surface area contributed by atoms with E-state index in [1.165, 1.54) is 11.1 Å². The number of guanidine groups is 1. The van der Waals surface area contributed by atoms with Crippen LogP contribution in [0.15, 0.2) is 41.5 Å². The molecule has 1 aromatic heterocycles. The van der Waals surface area contributed by atoms with Gasteiger partial charge in [0, 0.05) is 30.8 Å². The van der Waals surface area contributed by atoms with Crippen LogP contribution in [0.25, 0.3) is 11.1 Å². The van der Waals surface area contributed by atoms with Crippen molar-refractivity contribution in [3.05, 3.63) is 48.0 Å². The number of nitrogens with two attached hydrogens (primary N) is 1. The fraction of sp³-hybridized carbons (Fsp3) is 0.381. The molecule has 4 rings (SSSR count). The highest BCUT2D eigenvalue weighted by molar-refractivity contribution is 5.87. The van der Waals surface area contributed by atoms with Crippen LogP contribution < -0.4 is 10.5 Å². The second-order valence-electron chi connectivity index (χ2n) is 7.65. The Morgan fingerprint density at radius 1 is 1.45 bits per heavy atom. The lowest BCUT2D eigenvalue weighted by atomic mass is 9.70. The van der Waals surface area contributed by atoms with Gasteiger partial charge in [0.2, 0.25) is 12.4 Å². The quantitative estimate of drug-likeness (QED) is 0.371. The lowest BCUT2D eigenvalue weighted by Gasteiger charge is -2.48. The minimum atomic E-state index is -0.547. The summed E-state index contributed by atoms with van der Waals surface area (Å²) in [6.07, 6.45) is 2.64. The summed E-state index contributed by atoms with van der Waals surface area (Å²) in [5.74, 6) is 0.230. The molecule has 2 aromatic rings. The smallest absolute Gasteiger partial charge is 0.220 e. The Balaban J connectivity index is 1.86. The average Bonchev–Trinajstić information content (AvgIpc) is 2.73. The van der Waals surface area contributed by atoms with Crippen molar-refractivity contribution in [3.8, 4) is 16.9 Å². The number of carbonyl (C=O) groups is 1. The van der Waals surface area contributed by atoms with Crippen molar-refractivity contribution < 1.29 is 18.7 Å². The van der Waals surface area contributed by atoms with E-state index in [-0.39, 0.29) is 12.1 Å². The first kappa shape index (κ1) is 19.3. The van der Waals surface area contributed by atoms with Crippen LogP contribution in [0.1, 0.15) is 24.9 Å². The summed E-state index contributed by atoms with van der Waals surface area (Å²) < 4.78 is 26.3. The zero-order valence-corrected chi connectivity index (χ0v) is 16.3. The van der Waals surface area contributed by atoms with E-state index in [4.69, 9.17) is 15.2 Å². The van der Waals surface area contributed by atoms with E-state index in [9.17, 15) is 9.18 Å². The lowest BCUT2D eigenvalue weighted by molar-refractivity contribution is -0.114. The van der Waals surface area contributed by atoms with Gasteiger partial charge in [0.25, 0.3) is 0 Å². The van der Waals surface area contributed by atoms with Gasteiger partial charge in [0.1, 0.15) is 11.9 Å². The summed E-state index contributed by atoms with van der Waals surface area (Å²) in [7, 11) is 1.55. The van der Waals surface area contributed by atoms with Crippen molar-refractivity contribution in [1.82, 2.24) is 9.88 Å². The van der Waals surface area contributed by atoms with Crippen LogP contribution in [0.2, 0.25) is 0 Å². The molecule has 0 radical (unpaired) electrons. The topological polar surface area (TPSA) is 90.0 Å². The molecule has 0 bridgehead atoms. The molecule has 29 heavy (non-hydrogen) atoms. The van der Waals surface area contributed by atoms with Crippen LogP contribution in [0.4, 0.5) is 4.39 Å². The Morgan fingerprint density at radius 2 is 2.28 bits per heavy atom. The standard InChI is InChI=1S/C21H23FN4O3/c1-21-11-28-9-7-17(21)29-16-6-5-13(14-4-3-8-24-19(14)22)10-15(16)18(21)25-20(23)26(2)12-27/h3-6,8,10,12,17-18H,7,9,11H2,1-2H3,(H2,23,25)/t17?,18-,21?/m0/s1. The van der Waals surface area contributed by atoms with E-state index < -0.39 is 17.4 Å². The number of hydrogen-bond acceptors (Lipinski definition) is 5. The van der Waals surface area contributed by atoms with Gasteiger partial charge in [-0.3, -0.25) is 9.69 Å². The Morgan fingerprint density at radius 3 is 3.03 bits per heavy atom. The van der Waals surface area contributed by atoms with E-state index in [0.29, 0.717) is 36.5 Å². The molecular weight excluding hydrogens is 375 g/mol. The first-order valence-electron chi connectivity index (χ1n) is 9.44. The highest BCUT2D eigenvalue weighted by Gasteiger charge is 2.50. The Bertz CT molecular complexity index is 967. The van der Waals surface area contributed by atoms with E-state index in [1.54, 1.807) is 19.2 Å². The highest BCUT2D eigenvalue weighted by atomic mass is 19.1. The van der Waals surface area contributed by atoms with E-state index in [0.717, 1.165) is 12.0 Å². The molecule has 0 aliphatic carbocycles. The number of hydrogen-bond donors (Lipinski definition) is 1. The molecule has 2 aliphatic heterocycles. The van der Waals surface area contributed by atoms with E-state index in [2.05, 4.69) is 9.98 Å². The summed E-state index contributed by atoms with van der Waals surface area (Å²) in [5, 5.41) is 0. The fourth-order valence-electron chi connectivity index (χ4n) is 3.99. The third-order valence-corrected chi connectivity index (χ3v) is 5.72. The molecule has 2 aliphatic rings. The summed E-state index contributed by atoms with van der Waals surface area (Å²) in [5.41, 5.74) is 7.42. The SMILES string of the molecule is CN(C=O)C(N)=N[C@H]1c2cc(-c3cccnc3F)ccc2OC2CCOCC21C. The van der Waals surface area contributed by atoms with Crippen molar-refractivity contribution >= 4 is 12.4 Å². The van der Waals surface area contributed by atoms with Crippen molar-refractivity contribution in [2.24, 2.45) is 16.1 Å². The molecule has 2 N–H and O–H groups in total. The minimum absolute atomic E-state index is 0.0985. The molecule has 0 saturated carbocycles. The highest BCUT2D eigenvalue weighted by Crippen LogP contribution is 2.52. The van der Waals surface area contributed by atoms with Crippen LogP contribution in [-0.4, -0.2) is 48.6 Å². The number of ether oxygens (including phenoxy) is 2. The van der Waals surface area contributed by atoms with Crippen molar-refractivity contribution in [2.45, 2.75) is 25.5 Å². The number of carbonyl (C=O) groups excluding carboxylic acids is 1. The largest absolute Gasteiger partial charge is 0.489 e. The second kappa shape index (κ2) is 7.44. The van der Waals surface area contributed by atoms with Gasteiger partial charge in [0.05, 0.1) is 24.7 Å². The molecule has 1 fully saturated rings. The molecule has 152 valence electrons. The number of amides is 1. The predicted octanol–water partition coefficient (Wildman–Crippen LogP) is 2.52. The minimum Gasteiger partial charge on any atom is -0.489 e. The van der Waals surface area contributed by atoms with Crippen molar-refractivity contribution in [3.63, 3.8) is 0 Å². The summed E-state index contributed by atoms with van der Waals surface area (Å²) in [6.45, 7) is 3.09. The molecule has 1 aromatic carbocycles. The van der Waals surface area contributed by atoms with Crippen LogP contribution in [0, 0.1) is 11.4 Å². The second-order valence-corrected chi connectivity index (χ2v) is 7.65. The van der Waals surface area contributed by atoms with Crippen LogP contribution >= 0.6 is 0 Å². The summed E-state index contributed by atoms with van der Waals surface area (Å²) in [6, 6.07) is 8.44. The molecule has 7 nitrogen and oxygen atoms in total. The van der Waals surface area contributed by atoms with Crippen LogP contribution in [-0.2, 0) is 9.53 Å². The van der Waals surface area contributed by atoms with Gasteiger partial charge in [-0.2, -0.15) is 4.39 Å². The maximum absolute atomic E-state index is 14.3. The van der Waals surface area contributed by atoms with Gasteiger partial charge in [-0.1, -0.05) is 13.0 Å². The Hall–Kier alpha value is -3.00. The van der Waals surface area contributed by atoms with Crippen LogP contribution in [0.5, 0.6) is 5.75 Å². The first-order chi connectivity index (χ1) is 13.9. The normalized spacial score (nSPS) is 26.1. The van der Waals surface area contributed by atoms with Crippen molar-refractivity contribution in [2.75, 3.05) is 20.3 Å². The van der Waals surface area contributed by atoms with Gasteiger partial charge in [0.15, 0.2) is 5.96 Å². The maximum Gasteiger partial charge on any atom is 0.220 e. The van der Waals surface area contributed by atoms with E-state index >= 15 is 0 Å². The number of aromatic nitrogens is 1. The zero-order chi connectivity index (χ0) is 20.6. The number of benzene rings is 1. The number of nitrogens with zero attached hydrogens (tertiary/aromatic N) is 3. The fourth-order valence-corrected chi connectivity index (χ4v) is 3.99. The molecule has 1 amide bonds. The molecule has 3 atom stereocenters. The number of halogens is 1. The van der Waals surface area contributed by atoms with Gasteiger partial charge >= 0.3 is 0 Å². The Labute approximate surface area is 168 Å². The molecule has 8 heteroatoms. The third-order valence-electron chi connectivity index (χ3n) is 5.72. The number of aliphatic imine (C=N–C) groups is 1. The summed E-state index contributed by atoms with van der Waals surface area (Å²) in [4.78, 5) is 20.8. The molecule has 1 saturated heterocycles. The third kappa shape index (κ3) is 3.33. The zero-order valence-electron chi connectivity index (χ0n) is 16.3. The van der Waals surface area contributed by atoms with E-state index in [1.807, 2.05) is 25.1 Å². The van der Waals surface area contributed by atoms with Gasteiger partial charge in [-0.05, 0) is 29.8 Å². The first-order valence-corrected chi connectivity index (χ1v) is 9.44. The van der Waals surface area contributed by atoms with Crippen molar-refractivity contribution in [1.29, 1.82) is 0 Å². The average molecular weight is 398 g/mol. The maximum atomic E-state index is 14.3. The van der Waals surface area contributed by atoms with Gasteiger partial charge in [-0.25, -0.2) is 9.98 Å². The molecule has 3 heterocycles. The molecule has 2 unspecified atom stereocenters. The van der Waals surface area contributed by atoms with Gasteiger partial charge in [-0.15, -0.1) is 0 Å². The number of rotatable bonds is 3. The molecule has 0 spiro atoms. The predicted molar refractivity (Wildman–Crippen MR) is 106 cm³/mol. The number of pyridine rings is 1.